The van der Waals surface area contributed by atoms with E-state index in [4.69, 9.17) is 11.2 Å². The molecule has 0 bridgehead atoms. The SMILES string of the molecule is C#CC(CCCC=C)(CCCC=C)C(=O)OC. The Hall–Kier alpha value is -1.49. The summed E-state index contributed by atoms with van der Waals surface area (Å²) in [6.07, 6.45) is 14.0. The van der Waals surface area contributed by atoms with Gasteiger partial charge in [-0.2, -0.15) is 0 Å². The zero-order chi connectivity index (χ0) is 13.1. The lowest BCUT2D eigenvalue weighted by Crippen LogP contribution is -2.31. The van der Waals surface area contributed by atoms with E-state index in [1.54, 1.807) is 0 Å². The van der Waals surface area contributed by atoms with Gasteiger partial charge in [0, 0.05) is 0 Å². The summed E-state index contributed by atoms with van der Waals surface area (Å²) in [5, 5.41) is 0. The van der Waals surface area contributed by atoms with Crippen molar-refractivity contribution in [1.82, 2.24) is 0 Å². The molecule has 0 amide bonds. The number of esters is 1. The number of methoxy groups -OCH3 is 1. The Labute approximate surface area is 105 Å². The van der Waals surface area contributed by atoms with Crippen molar-refractivity contribution in [3.8, 4) is 12.3 Å². The van der Waals surface area contributed by atoms with Crippen molar-refractivity contribution in [2.24, 2.45) is 5.41 Å². The number of hydrogen-bond donors (Lipinski definition) is 0. The lowest BCUT2D eigenvalue weighted by atomic mass is 9.79. The Morgan fingerprint density at radius 3 is 2.06 bits per heavy atom. The van der Waals surface area contributed by atoms with Crippen molar-refractivity contribution in [2.45, 2.75) is 38.5 Å². The molecule has 0 N–H and O–H groups in total. The second-order valence-corrected chi connectivity index (χ2v) is 4.08. The van der Waals surface area contributed by atoms with E-state index in [9.17, 15) is 4.79 Å². The molecule has 0 aliphatic heterocycles. The molecule has 17 heavy (non-hydrogen) atoms. The quantitative estimate of drug-likeness (QED) is 0.264. The van der Waals surface area contributed by atoms with Gasteiger partial charge in [0.15, 0.2) is 0 Å². The van der Waals surface area contributed by atoms with Gasteiger partial charge in [-0.1, -0.05) is 18.1 Å². The maximum absolute atomic E-state index is 11.8. The van der Waals surface area contributed by atoms with Crippen molar-refractivity contribution in [2.75, 3.05) is 7.11 Å². The summed E-state index contributed by atoms with van der Waals surface area (Å²) in [6.45, 7) is 7.33. The molecule has 0 saturated heterocycles. The number of carbonyl (C=O) groups is 1. The molecule has 0 saturated carbocycles. The van der Waals surface area contributed by atoms with Crippen molar-refractivity contribution < 1.29 is 9.53 Å². The van der Waals surface area contributed by atoms with Gasteiger partial charge in [-0.25, -0.2) is 0 Å². The molecular formula is C15H22O2. The van der Waals surface area contributed by atoms with Crippen LogP contribution in [0.15, 0.2) is 25.3 Å². The maximum atomic E-state index is 11.8. The summed E-state index contributed by atoms with van der Waals surface area (Å²) in [4.78, 5) is 11.8. The molecule has 0 aromatic heterocycles. The minimum atomic E-state index is -0.777. The molecule has 0 radical (unpaired) electrons. The highest BCUT2D eigenvalue weighted by atomic mass is 16.5. The minimum Gasteiger partial charge on any atom is -0.468 e. The molecule has 0 fully saturated rings. The number of allylic oxidation sites excluding steroid dienone is 2. The fraction of sp³-hybridized carbons (Fsp3) is 0.533. The molecule has 0 atom stereocenters. The first-order valence-electron chi connectivity index (χ1n) is 5.95. The molecule has 0 aromatic rings. The molecule has 0 spiro atoms. The Morgan fingerprint density at radius 2 is 1.76 bits per heavy atom. The lowest BCUT2D eigenvalue weighted by molar-refractivity contribution is -0.150. The predicted molar refractivity (Wildman–Crippen MR) is 71.4 cm³/mol. The highest BCUT2D eigenvalue weighted by Crippen LogP contribution is 2.32. The minimum absolute atomic E-state index is 0.298. The highest BCUT2D eigenvalue weighted by Gasteiger charge is 2.36. The molecule has 0 heterocycles. The van der Waals surface area contributed by atoms with Crippen LogP contribution in [-0.2, 0) is 9.53 Å². The van der Waals surface area contributed by atoms with Gasteiger partial charge in [-0.15, -0.1) is 19.6 Å². The van der Waals surface area contributed by atoms with E-state index in [-0.39, 0.29) is 5.97 Å². The second-order valence-electron chi connectivity index (χ2n) is 4.08. The molecule has 0 unspecified atom stereocenters. The van der Waals surface area contributed by atoms with Crippen LogP contribution in [0.4, 0.5) is 0 Å². The summed E-state index contributed by atoms with van der Waals surface area (Å²) in [7, 11) is 1.38. The van der Waals surface area contributed by atoms with Gasteiger partial charge in [0.05, 0.1) is 7.11 Å². The summed E-state index contributed by atoms with van der Waals surface area (Å²) < 4.78 is 4.83. The normalized spacial score (nSPS) is 10.4. The van der Waals surface area contributed by atoms with Crippen molar-refractivity contribution in [3.05, 3.63) is 25.3 Å². The number of hydrogen-bond acceptors (Lipinski definition) is 2. The first-order chi connectivity index (χ1) is 8.16. The van der Waals surface area contributed by atoms with E-state index >= 15 is 0 Å². The average Bonchev–Trinajstić information content (AvgIpc) is 2.36. The van der Waals surface area contributed by atoms with Crippen molar-refractivity contribution in [1.29, 1.82) is 0 Å². The fourth-order valence-corrected chi connectivity index (χ4v) is 1.82. The Morgan fingerprint density at radius 1 is 1.29 bits per heavy atom. The molecule has 94 valence electrons. The molecule has 0 rings (SSSR count). The van der Waals surface area contributed by atoms with Crippen LogP contribution < -0.4 is 0 Å². The largest absolute Gasteiger partial charge is 0.468 e. The Kier molecular flexibility index (Phi) is 7.88. The van der Waals surface area contributed by atoms with Crippen LogP contribution in [0.25, 0.3) is 0 Å². The third-order valence-corrected chi connectivity index (χ3v) is 2.88. The molecular weight excluding hydrogens is 212 g/mol. The average molecular weight is 234 g/mol. The smallest absolute Gasteiger partial charge is 0.323 e. The lowest BCUT2D eigenvalue weighted by Gasteiger charge is -2.25. The van der Waals surface area contributed by atoms with Crippen LogP contribution in [0.3, 0.4) is 0 Å². The standard InChI is InChI=1S/C15H22O2/c1-5-8-10-12-15(7-3,14(16)17-4)13-11-9-6-2/h3,5-6H,1-2,8-13H2,4H3. The molecule has 0 aliphatic carbocycles. The highest BCUT2D eigenvalue weighted by molar-refractivity contribution is 5.80. The maximum Gasteiger partial charge on any atom is 0.323 e. The molecule has 0 aliphatic rings. The summed E-state index contributed by atoms with van der Waals surface area (Å²) in [6, 6.07) is 0. The zero-order valence-corrected chi connectivity index (χ0v) is 10.7. The number of terminal acetylenes is 1. The van der Waals surface area contributed by atoms with Gasteiger partial charge in [0.25, 0.3) is 0 Å². The van der Waals surface area contributed by atoms with Gasteiger partial charge in [0.1, 0.15) is 5.41 Å². The van der Waals surface area contributed by atoms with E-state index in [0.29, 0.717) is 12.8 Å². The van der Waals surface area contributed by atoms with Gasteiger partial charge in [-0.3, -0.25) is 4.79 Å². The summed E-state index contributed by atoms with van der Waals surface area (Å²) in [5.41, 5.74) is -0.777. The van der Waals surface area contributed by atoms with Gasteiger partial charge in [-0.05, 0) is 38.5 Å². The van der Waals surface area contributed by atoms with E-state index < -0.39 is 5.41 Å². The Balaban J connectivity index is 4.63. The van der Waals surface area contributed by atoms with Crippen molar-refractivity contribution >= 4 is 5.97 Å². The molecule has 2 nitrogen and oxygen atoms in total. The third-order valence-electron chi connectivity index (χ3n) is 2.88. The fourth-order valence-electron chi connectivity index (χ4n) is 1.82. The molecule has 0 aromatic carbocycles. The van der Waals surface area contributed by atoms with Crippen LogP contribution in [-0.4, -0.2) is 13.1 Å². The van der Waals surface area contributed by atoms with Gasteiger partial charge < -0.3 is 4.74 Å². The number of ether oxygens (including phenoxy) is 1. The topological polar surface area (TPSA) is 26.3 Å². The summed E-state index contributed by atoms with van der Waals surface area (Å²) in [5.74, 6) is 2.34. The van der Waals surface area contributed by atoms with E-state index in [1.807, 2.05) is 12.2 Å². The van der Waals surface area contributed by atoms with Crippen LogP contribution in [0, 0.1) is 17.8 Å². The van der Waals surface area contributed by atoms with Crippen LogP contribution in [0.5, 0.6) is 0 Å². The number of unbranched alkanes of at least 4 members (excludes halogenated alkanes) is 2. The summed E-state index contributed by atoms with van der Waals surface area (Å²) >= 11 is 0. The first kappa shape index (κ1) is 15.5. The monoisotopic (exact) mass is 234 g/mol. The third kappa shape index (κ3) is 4.91. The van der Waals surface area contributed by atoms with Gasteiger partial charge in [0.2, 0.25) is 0 Å². The van der Waals surface area contributed by atoms with E-state index in [2.05, 4.69) is 19.1 Å². The zero-order valence-electron chi connectivity index (χ0n) is 10.7. The van der Waals surface area contributed by atoms with Crippen LogP contribution in [0.1, 0.15) is 38.5 Å². The van der Waals surface area contributed by atoms with Crippen LogP contribution >= 0.6 is 0 Å². The molecule has 2 heteroatoms. The van der Waals surface area contributed by atoms with Gasteiger partial charge >= 0.3 is 5.97 Å². The first-order valence-corrected chi connectivity index (χ1v) is 5.95. The van der Waals surface area contributed by atoms with Crippen molar-refractivity contribution in [3.63, 3.8) is 0 Å². The van der Waals surface area contributed by atoms with Crippen LogP contribution in [0.2, 0.25) is 0 Å². The van der Waals surface area contributed by atoms with E-state index in [1.165, 1.54) is 7.11 Å². The number of carbonyl (C=O) groups excluding carboxylic acids is 1. The predicted octanol–water partition coefficient (Wildman–Crippen LogP) is 3.49. The van der Waals surface area contributed by atoms with E-state index in [0.717, 1.165) is 25.7 Å². The second kappa shape index (κ2) is 8.64. The number of rotatable bonds is 9. The Bertz CT molecular complexity index is 283.